The Bertz CT molecular complexity index is 469. The molecular formula is C12H15NO2S. The first kappa shape index (κ1) is 12.8. The fourth-order valence-electron chi connectivity index (χ4n) is 1.25. The molecule has 0 unspecified atom stereocenters. The Balaban J connectivity index is 2.78. The molecule has 0 aliphatic rings. The molecule has 3 nitrogen and oxygen atoms in total. The molecule has 0 bridgehead atoms. The first-order valence-electron chi connectivity index (χ1n) is 5.12. The van der Waals surface area contributed by atoms with E-state index in [1.807, 2.05) is 19.1 Å². The molecule has 0 radical (unpaired) electrons. The monoisotopic (exact) mass is 237 g/mol. The van der Waals surface area contributed by atoms with Gasteiger partial charge in [-0.05, 0) is 24.1 Å². The lowest BCUT2D eigenvalue weighted by atomic mass is 10.2. The van der Waals surface area contributed by atoms with Crippen molar-refractivity contribution in [3.8, 4) is 12.3 Å². The van der Waals surface area contributed by atoms with Crippen molar-refractivity contribution >= 4 is 10.0 Å². The van der Waals surface area contributed by atoms with E-state index in [0.717, 1.165) is 12.0 Å². The number of benzene rings is 1. The standard InChI is InChI=1S/C12H15NO2S/c1-3-5-10-13-16(14,15)12-8-6-11(4-2)7-9-12/h1,6-9,13H,4-5,10H2,2H3. The Morgan fingerprint density at radius 2 is 1.94 bits per heavy atom. The number of aryl methyl sites for hydroxylation is 1. The van der Waals surface area contributed by atoms with Crippen LogP contribution in [0.25, 0.3) is 0 Å². The third-order valence-corrected chi connectivity index (χ3v) is 3.68. The number of hydrogen-bond acceptors (Lipinski definition) is 2. The third-order valence-electron chi connectivity index (χ3n) is 2.20. The van der Waals surface area contributed by atoms with Crippen molar-refractivity contribution in [2.45, 2.75) is 24.7 Å². The quantitative estimate of drug-likeness (QED) is 0.624. The van der Waals surface area contributed by atoms with Crippen LogP contribution in [-0.4, -0.2) is 15.0 Å². The minimum absolute atomic E-state index is 0.272. The molecule has 0 heterocycles. The molecule has 1 N–H and O–H groups in total. The lowest BCUT2D eigenvalue weighted by Crippen LogP contribution is -2.24. The average molecular weight is 237 g/mol. The maximum absolute atomic E-state index is 11.7. The van der Waals surface area contributed by atoms with E-state index >= 15 is 0 Å². The van der Waals surface area contributed by atoms with Crippen LogP contribution < -0.4 is 4.72 Å². The van der Waals surface area contributed by atoms with Crippen LogP contribution in [0.2, 0.25) is 0 Å². The molecule has 0 fully saturated rings. The second-order valence-corrected chi connectivity index (χ2v) is 5.12. The van der Waals surface area contributed by atoms with Gasteiger partial charge in [0.1, 0.15) is 0 Å². The van der Waals surface area contributed by atoms with Gasteiger partial charge in [-0.15, -0.1) is 12.3 Å². The lowest BCUT2D eigenvalue weighted by molar-refractivity contribution is 0.582. The Hall–Kier alpha value is -1.31. The Kier molecular flexibility index (Phi) is 4.53. The lowest BCUT2D eigenvalue weighted by Gasteiger charge is -2.05. The summed E-state index contributed by atoms with van der Waals surface area (Å²) in [5.74, 6) is 2.38. The Morgan fingerprint density at radius 3 is 2.44 bits per heavy atom. The Morgan fingerprint density at radius 1 is 1.31 bits per heavy atom. The largest absolute Gasteiger partial charge is 0.240 e. The van der Waals surface area contributed by atoms with Gasteiger partial charge in [-0.2, -0.15) is 0 Å². The van der Waals surface area contributed by atoms with Gasteiger partial charge in [-0.1, -0.05) is 19.1 Å². The summed E-state index contributed by atoms with van der Waals surface area (Å²) in [5, 5.41) is 0. The molecule has 16 heavy (non-hydrogen) atoms. The maximum Gasteiger partial charge on any atom is 0.240 e. The van der Waals surface area contributed by atoms with E-state index in [2.05, 4.69) is 10.6 Å². The highest BCUT2D eigenvalue weighted by atomic mass is 32.2. The summed E-state index contributed by atoms with van der Waals surface area (Å²) in [4.78, 5) is 0.279. The minimum atomic E-state index is -3.40. The molecule has 0 spiro atoms. The molecule has 1 aromatic rings. The van der Waals surface area contributed by atoms with E-state index in [0.29, 0.717) is 6.42 Å². The fraction of sp³-hybridized carbons (Fsp3) is 0.333. The zero-order chi connectivity index (χ0) is 12.0. The average Bonchev–Trinajstić information content (AvgIpc) is 2.29. The van der Waals surface area contributed by atoms with Crippen LogP contribution >= 0.6 is 0 Å². The van der Waals surface area contributed by atoms with Crippen LogP contribution in [0.3, 0.4) is 0 Å². The SMILES string of the molecule is C#CCCNS(=O)(=O)c1ccc(CC)cc1. The van der Waals surface area contributed by atoms with Crippen LogP contribution in [0, 0.1) is 12.3 Å². The van der Waals surface area contributed by atoms with E-state index in [4.69, 9.17) is 6.42 Å². The molecule has 0 aliphatic carbocycles. The van der Waals surface area contributed by atoms with Gasteiger partial charge in [0.2, 0.25) is 10.0 Å². The highest BCUT2D eigenvalue weighted by Crippen LogP contribution is 2.10. The van der Waals surface area contributed by atoms with Gasteiger partial charge in [0.05, 0.1) is 4.90 Å². The van der Waals surface area contributed by atoms with Gasteiger partial charge in [-0.25, -0.2) is 13.1 Å². The topological polar surface area (TPSA) is 46.2 Å². The van der Waals surface area contributed by atoms with Gasteiger partial charge in [0.25, 0.3) is 0 Å². The summed E-state index contributed by atoms with van der Waals surface area (Å²) >= 11 is 0. The van der Waals surface area contributed by atoms with Crippen LogP contribution in [-0.2, 0) is 16.4 Å². The zero-order valence-electron chi connectivity index (χ0n) is 9.23. The summed E-state index contributed by atoms with van der Waals surface area (Å²) in [6.45, 7) is 2.29. The highest BCUT2D eigenvalue weighted by molar-refractivity contribution is 7.89. The molecule has 0 amide bonds. The molecule has 0 atom stereocenters. The van der Waals surface area contributed by atoms with Crippen molar-refractivity contribution in [2.75, 3.05) is 6.54 Å². The number of terminal acetylenes is 1. The van der Waals surface area contributed by atoms with E-state index < -0.39 is 10.0 Å². The summed E-state index contributed by atoms with van der Waals surface area (Å²) in [6.07, 6.45) is 6.34. The van der Waals surface area contributed by atoms with Crippen molar-refractivity contribution in [1.29, 1.82) is 0 Å². The minimum Gasteiger partial charge on any atom is -0.210 e. The van der Waals surface area contributed by atoms with E-state index in [1.165, 1.54) is 0 Å². The van der Waals surface area contributed by atoms with Crippen LogP contribution in [0.15, 0.2) is 29.2 Å². The normalized spacial score (nSPS) is 11.0. The van der Waals surface area contributed by atoms with Crippen molar-refractivity contribution in [1.82, 2.24) is 4.72 Å². The molecule has 1 rings (SSSR count). The van der Waals surface area contributed by atoms with Crippen molar-refractivity contribution < 1.29 is 8.42 Å². The number of sulfonamides is 1. The van der Waals surface area contributed by atoms with E-state index in [1.54, 1.807) is 12.1 Å². The van der Waals surface area contributed by atoms with Gasteiger partial charge in [-0.3, -0.25) is 0 Å². The van der Waals surface area contributed by atoms with Crippen molar-refractivity contribution in [3.05, 3.63) is 29.8 Å². The van der Waals surface area contributed by atoms with Crippen LogP contribution in [0.4, 0.5) is 0 Å². The highest BCUT2D eigenvalue weighted by Gasteiger charge is 2.12. The molecule has 0 aromatic heterocycles. The fourth-order valence-corrected chi connectivity index (χ4v) is 2.28. The summed E-state index contributed by atoms with van der Waals surface area (Å²) in [5.41, 5.74) is 1.11. The molecule has 0 saturated heterocycles. The molecule has 1 aromatic carbocycles. The Labute approximate surface area is 96.9 Å². The van der Waals surface area contributed by atoms with Gasteiger partial charge < -0.3 is 0 Å². The van der Waals surface area contributed by atoms with Gasteiger partial charge >= 0.3 is 0 Å². The summed E-state index contributed by atoms with van der Waals surface area (Å²) in [7, 11) is -3.40. The third kappa shape index (κ3) is 3.37. The van der Waals surface area contributed by atoms with Crippen molar-refractivity contribution in [2.24, 2.45) is 0 Å². The summed E-state index contributed by atoms with van der Waals surface area (Å²) < 4.78 is 25.9. The van der Waals surface area contributed by atoms with Gasteiger partial charge in [0, 0.05) is 13.0 Å². The summed E-state index contributed by atoms with van der Waals surface area (Å²) in [6, 6.07) is 6.85. The number of nitrogens with one attached hydrogen (secondary N) is 1. The molecule has 0 aliphatic heterocycles. The van der Waals surface area contributed by atoms with Crippen molar-refractivity contribution in [3.63, 3.8) is 0 Å². The smallest absolute Gasteiger partial charge is 0.210 e. The predicted octanol–water partition coefficient (Wildman–Crippen LogP) is 1.55. The zero-order valence-corrected chi connectivity index (χ0v) is 10.0. The first-order chi connectivity index (χ1) is 7.60. The molecular weight excluding hydrogens is 222 g/mol. The second-order valence-electron chi connectivity index (χ2n) is 3.35. The van der Waals surface area contributed by atoms with E-state index in [9.17, 15) is 8.42 Å². The van der Waals surface area contributed by atoms with Crippen LogP contribution in [0.5, 0.6) is 0 Å². The van der Waals surface area contributed by atoms with E-state index in [-0.39, 0.29) is 11.4 Å². The number of hydrogen-bond donors (Lipinski definition) is 1. The number of rotatable bonds is 5. The van der Waals surface area contributed by atoms with Gasteiger partial charge in [0.15, 0.2) is 0 Å². The predicted molar refractivity (Wildman–Crippen MR) is 64.5 cm³/mol. The molecule has 0 saturated carbocycles. The molecule has 86 valence electrons. The second kappa shape index (κ2) is 5.69. The molecule has 4 heteroatoms. The maximum atomic E-state index is 11.7. The first-order valence-corrected chi connectivity index (χ1v) is 6.60. The van der Waals surface area contributed by atoms with Crippen LogP contribution in [0.1, 0.15) is 18.9 Å².